The first-order valence-corrected chi connectivity index (χ1v) is 16.9. The number of fused-ring (bicyclic) bond motifs is 3. The smallest absolute Gasteiger partial charge is 0.437 e. The topological polar surface area (TPSA) is 110 Å². The lowest BCUT2D eigenvalue weighted by Gasteiger charge is -2.47. The van der Waals surface area contributed by atoms with Crippen LogP contribution in [0.2, 0.25) is 0 Å². The van der Waals surface area contributed by atoms with Crippen LogP contribution in [0.3, 0.4) is 0 Å². The molecule has 51 heavy (non-hydrogen) atoms. The largest absolute Gasteiger partial charge is 0.480 e. The number of pyridine rings is 2. The van der Waals surface area contributed by atoms with E-state index in [0.717, 1.165) is 87.7 Å². The predicted molar refractivity (Wildman–Crippen MR) is 185 cm³/mol. The summed E-state index contributed by atoms with van der Waals surface area (Å²) in [7, 11) is 1.35. The monoisotopic (exact) mass is 690 g/mol. The zero-order valence-electron chi connectivity index (χ0n) is 27.7. The summed E-state index contributed by atoms with van der Waals surface area (Å²) in [6.45, 7) is 2.48. The number of likely N-dealkylation sites (tertiary alicyclic amines) is 1. The summed E-state index contributed by atoms with van der Waals surface area (Å²) in [4.78, 5) is 31.4. The van der Waals surface area contributed by atoms with Gasteiger partial charge in [-0.1, -0.05) is 30.3 Å². The fourth-order valence-electron chi connectivity index (χ4n) is 8.13. The standard InChI is InChI=1S/C38H33F3N8O2/c1-51-32-18-44-34(38(39,40)41)35(46-32)45-29-9-8-26-24(4-2-6-27(26)29)25-5-3-7-30-28(25)12-15-49(30)36-33-23(11-14-42-36)16-22(17-43-33)19-48-20-37(21-48)13-10-31(50)47-37/h2-7,11-12,14-18,29H,8-10,13,19-21H2,1H3,(H,45,46)(H,47,50). The number of amides is 1. The highest BCUT2D eigenvalue weighted by molar-refractivity contribution is 5.98. The Balaban J connectivity index is 1.01. The van der Waals surface area contributed by atoms with Crippen LogP contribution in [0, 0.1) is 0 Å². The second-order valence-corrected chi connectivity index (χ2v) is 13.7. The number of carbonyl (C=O) groups excluding carboxylic acids is 1. The Morgan fingerprint density at radius 3 is 2.67 bits per heavy atom. The van der Waals surface area contributed by atoms with Crippen molar-refractivity contribution in [3.63, 3.8) is 0 Å². The summed E-state index contributed by atoms with van der Waals surface area (Å²) < 4.78 is 48.6. The molecule has 9 rings (SSSR count). The van der Waals surface area contributed by atoms with E-state index in [0.29, 0.717) is 19.3 Å². The summed E-state index contributed by atoms with van der Waals surface area (Å²) in [5.41, 5.74) is 5.81. The van der Waals surface area contributed by atoms with Crippen molar-refractivity contribution in [1.82, 2.24) is 34.7 Å². The minimum absolute atomic E-state index is 0.00567. The van der Waals surface area contributed by atoms with E-state index < -0.39 is 11.9 Å². The molecule has 0 bridgehead atoms. The van der Waals surface area contributed by atoms with Gasteiger partial charge in [0, 0.05) is 55.4 Å². The number of hydrogen-bond acceptors (Lipinski definition) is 8. The van der Waals surface area contributed by atoms with Crippen LogP contribution in [0.15, 0.2) is 79.4 Å². The third-order valence-electron chi connectivity index (χ3n) is 10.4. The molecular formula is C38H33F3N8O2. The fraction of sp³-hybridized carbons (Fsp3) is 0.289. The van der Waals surface area contributed by atoms with Crippen LogP contribution in [-0.2, 0) is 23.9 Å². The first-order chi connectivity index (χ1) is 24.7. The van der Waals surface area contributed by atoms with E-state index in [1.165, 1.54) is 7.11 Å². The lowest BCUT2D eigenvalue weighted by molar-refractivity contribution is -0.140. The number of carbonyl (C=O) groups is 1. The maximum atomic E-state index is 13.8. The molecule has 2 fully saturated rings. The van der Waals surface area contributed by atoms with Crippen LogP contribution in [0.4, 0.5) is 19.0 Å². The average Bonchev–Trinajstić information content (AvgIpc) is 3.84. The number of nitrogens with one attached hydrogen (secondary N) is 2. The van der Waals surface area contributed by atoms with Gasteiger partial charge in [0.15, 0.2) is 17.3 Å². The van der Waals surface area contributed by atoms with Gasteiger partial charge in [0.1, 0.15) is 5.52 Å². The number of hydrogen-bond donors (Lipinski definition) is 2. The van der Waals surface area contributed by atoms with Gasteiger partial charge in [0.05, 0.1) is 30.4 Å². The van der Waals surface area contributed by atoms with E-state index in [2.05, 4.69) is 60.4 Å². The molecule has 258 valence electrons. The molecular weight excluding hydrogens is 657 g/mol. The number of anilines is 1. The number of methoxy groups -OCH3 is 1. The maximum Gasteiger partial charge on any atom is 0.437 e. The molecule has 1 amide bonds. The first-order valence-electron chi connectivity index (χ1n) is 16.9. The van der Waals surface area contributed by atoms with Gasteiger partial charge >= 0.3 is 6.18 Å². The molecule has 2 aromatic carbocycles. The summed E-state index contributed by atoms with van der Waals surface area (Å²) in [5, 5.41) is 8.20. The van der Waals surface area contributed by atoms with Crippen molar-refractivity contribution >= 4 is 33.5 Å². The molecule has 2 saturated heterocycles. The molecule has 0 saturated carbocycles. The molecule has 2 N–H and O–H groups in total. The van der Waals surface area contributed by atoms with E-state index in [1.807, 2.05) is 36.7 Å². The average molecular weight is 691 g/mol. The zero-order valence-corrected chi connectivity index (χ0v) is 27.7. The SMILES string of the molecule is COc1cnc(C(F)(F)F)c(NC2CCc3c(-c4cccc5c4ccn5-c4nccc5cc(CN6CC7(CCC(=O)N7)C6)cnc45)cccc32)n1. The number of benzene rings is 2. The van der Waals surface area contributed by atoms with E-state index in [-0.39, 0.29) is 29.2 Å². The molecule has 6 heterocycles. The van der Waals surface area contributed by atoms with Crippen LogP contribution in [-0.4, -0.2) is 61.0 Å². The van der Waals surface area contributed by atoms with E-state index in [4.69, 9.17) is 14.7 Å². The Hall–Kier alpha value is -5.56. The number of alkyl halides is 3. The number of rotatable bonds is 7. The minimum Gasteiger partial charge on any atom is -0.480 e. The Kier molecular flexibility index (Phi) is 7.25. The predicted octanol–water partition coefficient (Wildman–Crippen LogP) is 6.62. The van der Waals surface area contributed by atoms with Gasteiger partial charge < -0.3 is 15.4 Å². The zero-order chi connectivity index (χ0) is 34.9. The molecule has 2 aliphatic heterocycles. The van der Waals surface area contributed by atoms with Crippen LogP contribution < -0.4 is 15.4 Å². The van der Waals surface area contributed by atoms with Gasteiger partial charge in [-0.2, -0.15) is 18.2 Å². The highest BCUT2D eigenvalue weighted by Gasteiger charge is 2.47. The van der Waals surface area contributed by atoms with Gasteiger partial charge in [0.25, 0.3) is 0 Å². The highest BCUT2D eigenvalue weighted by Crippen LogP contribution is 2.43. The second-order valence-electron chi connectivity index (χ2n) is 13.7. The molecule has 10 nitrogen and oxygen atoms in total. The van der Waals surface area contributed by atoms with Gasteiger partial charge in [-0.05, 0) is 71.3 Å². The van der Waals surface area contributed by atoms with Crippen LogP contribution in [0.1, 0.15) is 47.7 Å². The van der Waals surface area contributed by atoms with Crippen molar-refractivity contribution < 1.29 is 22.7 Å². The van der Waals surface area contributed by atoms with Gasteiger partial charge in [0.2, 0.25) is 11.8 Å². The number of halogens is 3. The third-order valence-corrected chi connectivity index (χ3v) is 10.4. The molecule has 3 aliphatic rings. The van der Waals surface area contributed by atoms with Crippen LogP contribution in [0.5, 0.6) is 5.88 Å². The second kappa shape index (κ2) is 11.8. The molecule has 6 aromatic rings. The molecule has 1 aliphatic carbocycles. The van der Waals surface area contributed by atoms with E-state index in [9.17, 15) is 18.0 Å². The van der Waals surface area contributed by atoms with Crippen molar-refractivity contribution in [3.8, 4) is 22.8 Å². The molecule has 1 spiro atoms. The molecule has 1 unspecified atom stereocenters. The quantitative estimate of drug-likeness (QED) is 0.192. The Morgan fingerprint density at radius 1 is 1.02 bits per heavy atom. The molecule has 0 radical (unpaired) electrons. The third kappa shape index (κ3) is 5.43. The maximum absolute atomic E-state index is 13.8. The summed E-state index contributed by atoms with van der Waals surface area (Å²) in [6, 6.07) is 18.0. The highest BCUT2D eigenvalue weighted by atomic mass is 19.4. The first kappa shape index (κ1) is 31.4. The number of ether oxygens (including phenoxy) is 1. The molecule has 13 heteroatoms. The Labute approximate surface area is 290 Å². The van der Waals surface area contributed by atoms with Gasteiger partial charge in [-0.15, -0.1) is 0 Å². The number of nitrogens with zero attached hydrogens (tertiary/aromatic N) is 6. The molecule has 1 atom stereocenters. The van der Waals surface area contributed by atoms with E-state index in [1.54, 1.807) is 6.20 Å². The van der Waals surface area contributed by atoms with Crippen molar-refractivity contribution in [2.24, 2.45) is 0 Å². The summed E-state index contributed by atoms with van der Waals surface area (Å²) in [6.07, 6.45) is 4.83. The summed E-state index contributed by atoms with van der Waals surface area (Å²) >= 11 is 0. The fourth-order valence-corrected chi connectivity index (χ4v) is 8.13. The van der Waals surface area contributed by atoms with Crippen molar-refractivity contribution in [1.29, 1.82) is 0 Å². The normalized spacial score (nSPS) is 18.3. The lowest BCUT2D eigenvalue weighted by atomic mass is 9.88. The minimum atomic E-state index is -4.67. The van der Waals surface area contributed by atoms with Crippen LogP contribution in [0.25, 0.3) is 38.8 Å². The van der Waals surface area contributed by atoms with Crippen molar-refractivity contribution in [2.45, 2.75) is 50.0 Å². The van der Waals surface area contributed by atoms with Gasteiger partial charge in [-0.3, -0.25) is 19.2 Å². The Morgan fingerprint density at radius 2 is 1.86 bits per heavy atom. The van der Waals surface area contributed by atoms with Crippen LogP contribution >= 0.6 is 0 Å². The van der Waals surface area contributed by atoms with Crippen molar-refractivity contribution in [2.75, 3.05) is 25.5 Å². The van der Waals surface area contributed by atoms with Gasteiger partial charge in [-0.25, -0.2) is 9.97 Å². The van der Waals surface area contributed by atoms with E-state index >= 15 is 0 Å². The Bertz CT molecular complexity index is 2350. The summed E-state index contributed by atoms with van der Waals surface area (Å²) in [5.74, 6) is 0.532. The van der Waals surface area contributed by atoms with Crippen molar-refractivity contribution in [3.05, 3.63) is 102 Å². The molecule has 4 aromatic heterocycles. The number of aromatic nitrogens is 5. The lowest BCUT2D eigenvalue weighted by Crippen LogP contribution is -2.66.